The van der Waals surface area contributed by atoms with Crippen molar-refractivity contribution in [2.24, 2.45) is 0 Å². The Hall–Kier alpha value is -0.190. The molecule has 0 radical (unpaired) electrons. The zero-order valence-corrected chi connectivity index (χ0v) is 13.4. The van der Waals surface area contributed by atoms with Gasteiger partial charge in [-0.25, -0.2) is 0 Å². The van der Waals surface area contributed by atoms with E-state index in [-0.39, 0.29) is 0 Å². The van der Waals surface area contributed by atoms with E-state index in [0.717, 1.165) is 35.5 Å². The Kier molecular flexibility index (Phi) is 5.39. The van der Waals surface area contributed by atoms with Gasteiger partial charge < -0.3 is 10.1 Å². The van der Waals surface area contributed by atoms with Crippen molar-refractivity contribution < 1.29 is 4.74 Å². The first kappa shape index (κ1) is 14.2. The van der Waals surface area contributed by atoms with Crippen LogP contribution in [0.1, 0.15) is 25.0 Å². The summed E-state index contributed by atoms with van der Waals surface area (Å²) in [5, 5.41) is 3.57. The van der Waals surface area contributed by atoms with Crippen molar-refractivity contribution in [1.29, 1.82) is 0 Å². The molecule has 1 unspecified atom stereocenters. The summed E-state index contributed by atoms with van der Waals surface area (Å²) in [6.07, 6.45) is 1.03. The van der Waals surface area contributed by atoms with E-state index in [1.807, 2.05) is 11.8 Å². The topological polar surface area (TPSA) is 21.3 Å². The Morgan fingerprint density at radius 2 is 2.33 bits per heavy atom. The van der Waals surface area contributed by atoms with Gasteiger partial charge in [0.25, 0.3) is 0 Å². The predicted octanol–water partition coefficient (Wildman–Crippen LogP) is 3.62. The van der Waals surface area contributed by atoms with Gasteiger partial charge in [0.05, 0.1) is 6.61 Å². The quantitative estimate of drug-likeness (QED) is 0.861. The third-order valence-electron chi connectivity index (χ3n) is 3.04. The van der Waals surface area contributed by atoms with Gasteiger partial charge in [0.1, 0.15) is 5.75 Å². The number of nitrogens with one attached hydrogen (secondary N) is 1. The average molecular weight is 330 g/mol. The first-order chi connectivity index (χ1) is 8.70. The normalized spacial score (nSPS) is 15.3. The van der Waals surface area contributed by atoms with Gasteiger partial charge in [-0.3, -0.25) is 0 Å². The maximum absolute atomic E-state index is 5.73. The lowest BCUT2D eigenvalue weighted by molar-refractivity contribution is 0.352. The Bertz CT molecular complexity index is 411. The van der Waals surface area contributed by atoms with Gasteiger partial charge >= 0.3 is 0 Å². The lowest BCUT2D eigenvalue weighted by atomic mass is 10.1. The second-order valence-corrected chi connectivity index (χ2v) is 6.83. The molecule has 4 heteroatoms. The van der Waals surface area contributed by atoms with Crippen molar-refractivity contribution in [1.82, 2.24) is 5.32 Å². The van der Waals surface area contributed by atoms with E-state index < -0.39 is 0 Å². The van der Waals surface area contributed by atoms with Crippen molar-refractivity contribution in [3.63, 3.8) is 0 Å². The molecule has 0 spiro atoms. The van der Waals surface area contributed by atoms with Crippen LogP contribution in [0.2, 0.25) is 0 Å². The smallest absolute Gasteiger partial charge is 0.127 e. The fourth-order valence-electron chi connectivity index (χ4n) is 2.12. The Morgan fingerprint density at radius 3 is 3.11 bits per heavy atom. The van der Waals surface area contributed by atoms with E-state index in [9.17, 15) is 0 Å². The summed E-state index contributed by atoms with van der Waals surface area (Å²) >= 11 is 5.55. The maximum atomic E-state index is 5.73. The van der Waals surface area contributed by atoms with Crippen LogP contribution >= 0.6 is 27.7 Å². The standard InChI is InChI=1S/C14H20BrNOS/c1-3-18-9-10(2)16-8-12-7-13(15)6-11-4-5-17-14(11)12/h6-7,10,16H,3-5,8-9H2,1-2H3. The second-order valence-electron chi connectivity index (χ2n) is 4.59. The highest BCUT2D eigenvalue weighted by Crippen LogP contribution is 2.32. The van der Waals surface area contributed by atoms with Crippen LogP contribution in [0.4, 0.5) is 0 Å². The number of benzene rings is 1. The van der Waals surface area contributed by atoms with E-state index in [1.54, 1.807) is 0 Å². The van der Waals surface area contributed by atoms with Crippen molar-refractivity contribution >= 4 is 27.7 Å². The summed E-state index contributed by atoms with van der Waals surface area (Å²) in [7, 11) is 0. The minimum Gasteiger partial charge on any atom is -0.493 e. The van der Waals surface area contributed by atoms with E-state index in [4.69, 9.17) is 4.74 Å². The van der Waals surface area contributed by atoms with Gasteiger partial charge in [-0.2, -0.15) is 11.8 Å². The van der Waals surface area contributed by atoms with Gasteiger partial charge in [0.2, 0.25) is 0 Å². The lowest BCUT2D eigenvalue weighted by Crippen LogP contribution is -2.27. The average Bonchev–Trinajstić information content (AvgIpc) is 2.81. The second kappa shape index (κ2) is 6.83. The zero-order valence-electron chi connectivity index (χ0n) is 11.0. The molecule has 0 aliphatic carbocycles. The number of fused-ring (bicyclic) bond motifs is 1. The van der Waals surface area contributed by atoms with Gasteiger partial charge in [0.15, 0.2) is 0 Å². The number of thioether (sulfide) groups is 1. The summed E-state index contributed by atoms with van der Waals surface area (Å²) in [4.78, 5) is 0. The Balaban J connectivity index is 1.97. The van der Waals surface area contributed by atoms with Crippen LogP contribution in [-0.2, 0) is 13.0 Å². The minimum absolute atomic E-state index is 0.533. The third-order valence-corrected chi connectivity index (χ3v) is 4.64. The lowest BCUT2D eigenvalue weighted by Gasteiger charge is -2.15. The fourth-order valence-corrected chi connectivity index (χ4v) is 3.37. The summed E-state index contributed by atoms with van der Waals surface area (Å²) < 4.78 is 6.88. The molecule has 2 nitrogen and oxygen atoms in total. The molecule has 1 aromatic rings. The van der Waals surface area contributed by atoms with E-state index in [2.05, 4.69) is 47.2 Å². The summed E-state index contributed by atoms with van der Waals surface area (Å²) in [6.45, 7) is 6.14. The molecule has 1 aliphatic heterocycles. The molecular formula is C14H20BrNOS. The number of ether oxygens (including phenoxy) is 1. The van der Waals surface area contributed by atoms with E-state index >= 15 is 0 Å². The molecule has 0 bridgehead atoms. The molecule has 100 valence electrons. The van der Waals surface area contributed by atoms with Gasteiger partial charge in [0, 0.05) is 34.8 Å². The zero-order chi connectivity index (χ0) is 13.0. The van der Waals surface area contributed by atoms with Crippen LogP contribution in [-0.4, -0.2) is 24.2 Å². The highest BCUT2D eigenvalue weighted by Gasteiger charge is 2.17. The molecule has 1 heterocycles. The summed E-state index contributed by atoms with van der Waals surface area (Å²) in [5.41, 5.74) is 2.60. The SMILES string of the molecule is CCSCC(C)NCc1cc(Br)cc2c1OCC2. The van der Waals surface area contributed by atoms with Crippen LogP contribution in [0.15, 0.2) is 16.6 Å². The van der Waals surface area contributed by atoms with Crippen LogP contribution < -0.4 is 10.1 Å². The predicted molar refractivity (Wildman–Crippen MR) is 82.6 cm³/mol. The molecule has 0 saturated carbocycles. The van der Waals surface area contributed by atoms with Crippen LogP contribution in [0.5, 0.6) is 5.75 Å². The molecule has 0 aromatic heterocycles. The van der Waals surface area contributed by atoms with E-state index in [1.165, 1.54) is 16.9 Å². The molecule has 2 rings (SSSR count). The molecule has 1 atom stereocenters. The summed E-state index contributed by atoms with van der Waals surface area (Å²) in [5.74, 6) is 3.44. The molecular weight excluding hydrogens is 310 g/mol. The highest BCUT2D eigenvalue weighted by molar-refractivity contribution is 9.10. The van der Waals surface area contributed by atoms with Crippen molar-refractivity contribution in [2.45, 2.75) is 32.9 Å². The van der Waals surface area contributed by atoms with Crippen LogP contribution in [0.25, 0.3) is 0 Å². The molecule has 18 heavy (non-hydrogen) atoms. The third kappa shape index (κ3) is 3.65. The molecule has 0 fully saturated rings. The Morgan fingerprint density at radius 1 is 1.50 bits per heavy atom. The monoisotopic (exact) mass is 329 g/mol. The largest absolute Gasteiger partial charge is 0.493 e. The van der Waals surface area contributed by atoms with Gasteiger partial charge in [-0.05, 0) is 30.4 Å². The van der Waals surface area contributed by atoms with Gasteiger partial charge in [-0.15, -0.1) is 0 Å². The van der Waals surface area contributed by atoms with Crippen LogP contribution in [0.3, 0.4) is 0 Å². The number of halogens is 1. The minimum atomic E-state index is 0.533. The number of hydrogen-bond donors (Lipinski definition) is 1. The van der Waals surface area contributed by atoms with Crippen molar-refractivity contribution in [3.8, 4) is 5.75 Å². The molecule has 1 aromatic carbocycles. The fraction of sp³-hybridized carbons (Fsp3) is 0.571. The van der Waals surface area contributed by atoms with Crippen molar-refractivity contribution in [3.05, 3.63) is 27.7 Å². The first-order valence-electron chi connectivity index (χ1n) is 6.46. The van der Waals surface area contributed by atoms with Gasteiger partial charge in [-0.1, -0.05) is 22.9 Å². The first-order valence-corrected chi connectivity index (χ1v) is 8.40. The molecule has 1 N–H and O–H groups in total. The Labute approximate surface area is 122 Å². The number of hydrogen-bond acceptors (Lipinski definition) is 3. The highest BCUT2D eigenvalue weighted by atomic mass is 79.9. The molecule has 0 saturated heterocycles. The molecule has 0 amide bonds. The molecule has 1 aliphatic rings. The van der Waals surface area contributed by atoms with E-state index in [0.29, 0.717) is 6.04 Å². The summed E-state index contributed by atoms with van der Waals surface area (Å²) in [6, 6.07) is 4.87. The van der Waals surface area contributed by atoms with Crippen molar-refractivity contribution in [2.75, 3.05) is 18.1 Å². The van der Waals surface area contributed by atoms with Crippen LogP contribution in [0, 0.1) is 0 Å². The number of rotatable bonds is 6. The maximum Gasteiger partial charge on any atom is 0.127 e.